The van der Waals surface area contributed by atoms with Gasteiger partial charge in [-0.1, -0.05) is 0 Å². The van der Waals surface area contributed by atoms with Crippen LogP contribution in [0.25, 0.3) is 0 Å². The highest BCUT2D eigenvalue weighted by molar-refractivity contribution is 9.10. The SMILES string of the molecule is NC(=O)C1CCCN(S(=O)(=O)c2cc(N)c(Br)cc2F)C1. The quantitative estimate of drug-likeness (QED) is 0.765. The van der Waals surface area contributed by atoms with Crippen molar-refractivity contribution in [2.45, 2.75) is 17.7 Å². The number of hydrogen-bond acceptors (Lipinski definition) is 4. The first kappa shape index (κ1) is 16.2. The monoisotopic (exact) mass is 379 g/mol. The van der Waals surface area contributed by atoms with Gasteiger partial charge in [-0.15, -0.1) is 0 Å². The summed E-state index contributed by atoms with van der Waals surface area (Å²) in [6, 6.07) is 2.08. The van der Waals surface area contributed by atoms with Crippen LogP contribution in [0.4, 0.5) is 10.1 Å². The van der Waals surface area contributed by atoms with E-state index in [1.165, 1.54) is 0 Å². The number of carbonyl (C=O) groups is 1. The molecule has 1 amide bonds. The summed E-state index contributed by atoms with van der Waals surface area (Å²) in [6.07, 6.45) is 1.03. The van der Waals surface area contributed by atoms with Crippen molar-refractivity contribution in [3.05, 3.63) is 22.4 Å². The van der Waals surface area contributed by atoms with E-state index >= 15 is 0 Å². The van der Waals surface area contributed by atoms with Crippen LogP contribution in [0.1, 0.15) is 12.8 Å². The van der Waals surface area contributed by atoms with E-state index in [-0.39, 0.29) is 23.2 Å². The van der Waals surface area contributed by atoms with Crippen LogP contribution in [-0.4, -0.2) is 31.7 Å². The lowest BCUT2D eigenvalue weighted by atomic mass is 9.99. The molecule has 1 atom stereocenters. The molecule has 6 nitrogen and oxygen atoms in total. The molecule has 1 aliphatic heterocycles. The molecule has 21 heavy (non-hydrogen) atoms. The molecule has 1 saturated heterocycles. The van der Waals surface area contributed by atoms with Crippen LogP contribution in [0.15, 0.2) is 21.5 Å². The predicted molar refractivity (Wildman–Crippen MR) is 79.2 cm³/mol. The topological polar surface area (TPSA) is 106 Å². The van der Waals surface area contributed by atoms with Gasteiger partial charge in [0, 0.05) is 23.2 Å². The highest BCUT2D eigenvalue weighted by Crippen LogP contribution is 2.30. The van der Waals surface area contributed by atoms with Crippen LogP contribution in [-0.2, 0) is 14.8 Å². The zero-order chi connectivity index (χ0) is 15.8. The number of benzene rings is 1. The van der Waals surface area contributed by atoms with Crippen LogP contribution >= 0.6 is 15.9 Å². The minimum atomic E-state index is -4.05. The van der Waals surface area contributed by atoms with E-state index in [2.05, 4.69) is 15.9 Å². The second kappa shape index (κ2) is 5.90. The lowest BCUT2D eigenvalue weighted by Crippen LogP contribution is -2.44. The summed E-state index contributed by atoms with van der Waals surface area (Å²) < 4.78 is 40.3. The number of primary amides is 1. The zero-order valence-electron chi connectivity index (χ0n) is 11.1. The highest BCUT2D eigenvalue weighted by Gasteiger charge is 2.34. The van der Waals surface area contributed by atoms with E-state index in [1.807, 2.05) is 0 Å². The maximum absolute atomic E-state index is 14.0. The van der Waals surface area contributed by atoms with E-state index in [0.717, 1.165) is 16.4 Å². The molecule has 0 bridgehead atoms. The average molecular weight is 380 g/mol. The first-order valence-corrected chi connectivity index (χ1v) is 8.50. The van der Waals surface area contributed by atoms with Crippen LogP contribution < -0.4 is 11.5 Å². The summed E-state index contributed by atoms with van der Waals surface area (Å²) >= 11 is 3.04. The minimum Gasteiger partial charge on any atom is -0.398 e. The molecule has 1 unspecified atom stereocenters. The van der Waals surface area contributed by atoms with Gasteiger partial charge in [0.1, 0.15) is 10.7 Å². The van der Waals surface area contributed by atoms with Crippen LogP contribution in [0, 0.1) is 11.7 Å². The number of amides is 1. The van der Waals surface area contributed by atoms with Crippen molar-refractivity contribution in [3.8, 4) is 0 Å². The molecule has 0 aliphatic carbocycles. The minimum absolute atomic E-state index is 0.0346. The van der Waals surface area contributed by atoms with Crippen molar-refractivity contribution in [2.75, 3.05) is 18.8 Å². The number of sulfonamides is 1. The second-order valence-corrected chi connectivity index (χ2v) is 7.67. The average Bonchev–Trinajstić information content (AvgIpc) is 2.42. The van der Waals surface area contributed by atoms with E-state index < -0.39 is 32.6 Å². The van der Waals surface area contributed by atoms with Gasteiger partial charge in [0.25, 0.3) is 0 Å². The number of hydrogen-bond donors (Lipinski definition) is 2. The molecule has 0 spiro atoms. The van der Waals surface area contributed by atoms with Gasteiger partial charge >= 0.3 is 0 Å². The van der Waals surface area contributed by atoms with Gasteiger partial charge in [0.05, 0.1) is 5.92 Å². The smallest absolute Gasteiger partial charge is 0.246 e. The molecule has 0 aromatic heterocycles. The third kappa shape index (κ3) is 3.19. The van der Waals surface area contributed by atoms with E-state index in [4.69, 9.17) is 11.5 Å². The first-order chi connectivity index (χ1) is 9.73. The van der Waals surface area contributed by atoms with Crippen LogP contribution in [0.5, 0.6) is 0 Å². The van der Waals surface area contributed by atoms with Crippen molar-refractivity contribution in [3.63, 3.8) is 0 Å². The Balaban J connectivity index is 2.38. The predicted octanol–water partition coefficient (Wildman–Crippen LogP) is 1.06. The van der Waals surface area contributed by atoms with Crippen molar-refractivity contribution in [1.82, 2.24) is 4.31 Å². The molecular formula is C12H15BrFN3O3S. The normalized spacial score (nSPS) is 20.4. The molecular weight excluding hydrogens is 365 g/mol. The maximum Gasteiger partial charge on any atom is 0.246 e. The number of carbonyl (C=O) groups excluding carboxylic acids is 1. The van der Waals surface area contributed by atoms with E-state index in [1.54, 1.807) is 0 Å². The summed E-state index contributed by atoms with van der Waals surface area (Å²) in [4.78, 5) is 10.7. The Bertz CT molecular complexity index is 681. The van der Waals surface area contributed by atoms with Gasteiger partial charge in [-0.05, 0) is 40.9 Å². The van der Waals surface area contributed by atoms with Crippen molar-refractivity contribution in [2.24, 2.45) is 11.7 Å². The molecule has 1 heterocycles. The highest BCUT2D eigenvalue weighted by atomic mass is 79.9. The Morgan fingerprint density at radius 2 is 2.10 bits per heavy atom. The molecule has 1 aromatic carbocycles. The summed E-state index contributed by atoms with van der Waals surface area (Å²) in [6.45, 7) is 0.189. The fourth-order valence-electron chi connectivity index (χ4n) is 2.27. The van der Waals surface area contributed by atoms with Crippen LogP contribution in [0.2, 0.25) is 0 Å². The lowest BCUT2D eigenvalue weighted by molar-refractivity contribution is -0.122. The molecule has 1 aromatic rings. The Morgan fingerprint density at radius 3 is 2.71 bits per heavy atom. The fraction of sp³-hybridized carbons (Fsp3) is 0.417. The number of nitrogen functional groups attached to an aromatic ring is 1. The van der Waals surface area contributed by atoms with Crippen LogP contribution in [0.3, 0.4) is 0 Å². The van der Waals surface area contributed by atoms with Gasteiger partial charge in [0.15, 0.2) is 0 Å². The molecule has 116 valence electrons. The Kier molecular flexibility index (Phi) is 4.54. The van der Waals surface area contributed by atoms with E-state index in [9.17, 15) is 17.6 Å². The van der Waals surface area contributed by atoms with Crippen molar-refractivity contribution in [1.29, 1.82) is 0 Å². The zero-order valence-corrected chi connectivity index (χ0v) is 13.5. The number of piperidine rings is 1. The third-order valence-corrected chi connectivity index (χ3v) is 6.02. The van der Waals surface area contributed by atoms with E-state index in [0.29, 0.717) is 12.8 Å². The lowest BCUT2D eigenvalue weighted by Gasteiger charge is -2.30. The van der Waals surface area contributed by atoms with Crippen molar-refractivity contribution >= 4 is 37.5 Å². The van der Waals surface area contributed by atoms with Gasteiger partial charge in [-0.2, -0.15) is 4.31 Å². The number of nitrogens with zero attached hydrogens (tertiary/aromatic N) is 1. The number of anilines is 1. The summed E-state index contributed by atoms with van der Waals surface area (Å²) in [7, 11) is -4.05. The van der Waals surface area contributed by atoms with Gasteiger partial charge in [-0.25, -0.2) is 12.8 Å². The Morgan fingerprint density at radius 1 is 1.43 bits per heavy atom. The number of nitrogens with two attached hydrogens (primary N) is 2. The van der Waals surface area contributed by atoms with Gasteiger partial charge in [-0.3, -0.25) is 4.79 Å². The molecule has 9 heteroatoms. The number of rotatable bonds is 3. The van der Waals surface area contributed by atoms with Crippen molar-refractivity contribution < 1.29 is 17.6 Å². The third-order valence-electron chi connectivity index (χ3n) is 3.46. The fourth-order valence-corrected chi connectivity index (χ4v) is 4.20. The molecule has 2 rings (SSSR count). The summed E-state index contributed by atoms with van der Waals surface area (Å²) in [5.74, 6) is -1.99. The number of halogens is 2. The maximum atomic E-state index is 14.0. The Labute approximate surface area is 130 Å². The molecule has 1 fully saturated rings. The first-order valence-electron chi connectivity index (χ1n) is 6.27. The summed E-state index contributed by atoms with van der Waals surface area (Å²) in [5, 5.41) is 0. The van der Waals surface area contributed by atoms with Gasteiger partial charge in [0.2, 0.25) is 15.9 Å². The molecule has 1 aliphatic rings. The largest absolute Gasteiger partial charge is 0.398 e. The standard InChI is InChI=1S/C12H15BrFN3O3S/c13-8-4-9(14)11(5-10(8)15)21(19,20)17-3-1-2-7(6-17)12(16)18/h4-5,7H,1-3,6,15H2,(H2,16,18). The molecule has 0 radical (unpaired) electrons. The molecule has 0 saturated carbocycles. The summed E-state index contributed by atoms with van der Waals surface area (Å²) in [5.41, 5.74) is 11.0. The second-order valence-electron chi connectivity index (χ2n) is 4.91. The molecule has 4 N–H and O–H groups in total. The Hall–Kier alpha value is -1.19. The van der Waals surface area contributed by atoms with Gasteiger partial charge < -0.3 is 11.5 Å².